The van der Waals surface area contributed by atoms with Crippen molar-refractivity contribution in [3.05, 3.63) is 0 Å². The molecule has 1 aliphatic heterocycles. The summed E-state index contributed by atoms with van der Waals surface area (Å²) in [6.07, 6.45) is 0. The number of esters is 1. The summed E-state index contributed by atoms with van der Waals surface area (Å²) < 4.78 is 10.8. The Morgan fingerprint density at radius 2 is 1.95 bits per heavy atom. The number of amides is 1. The van der Waals surface area contributed by atoms with Gasteiger partial charge >= 0.3 is 5.97 Å². The van der Waals surface area contributed by atoms with Crippen molar-refractivity contribution in [2.75, 3.05) is 6.61 Å². The van der Waals surface area contributed by atoms with Crippen LogP contribution in [0.5, 0.6) is 0 Å². The third-order valence-corrected chi connectivity index (χ3v) is 2.79. The predicted molar refractivity (Wildman–Crippen MR) is 70.2 cm³/mol. The second-order valence-electron chi connectivity index (χ2n) is 6.30. The molecule has 0 saturated carbocycles. The molecule has 6 heteroatoms. The Labute approximate surface area is 114 Å². The molecule has 1 amide bonds. The molecule has 0 aromatic heterocycles. The molecule has 0 aliphatic carbocycles. The lowest BCUT2D eigenvalue weighted by Gasteiger charge is -2.34. The molecule has 1 fully saturated rings. The van der Waals surface area contributed by atoms with E-state index in [1.807, 2.05) is 0 Å². The van der Waals surface area contributed by atoms with Crippen molar-refractivity contribution in [1.29, 1.82) is 0 Å². The molecule has 19 heavy (non-hydrogen) atoms. The summed E-state index contributed by atoms with van der Waals surface area (Å²) in [5, 5.41) is 0. The third-order valence-electron chi connectivity index (χ3n) is 2.79. The Bertz CT molecular complexity index is 371. The van der Waals surface area contributed by atoms with E-state index in [1.54, 1.807) is 41.5 Å². The van der Waals surface area contributed by atoms with Crippen molar-refractivity contribution in [2.24, 2.45) is 5.73 Å². The minimum absolute atomic E-state index is 0.125. The van der Waals surface area contributed by atoms with Gasteiger partial charge in [0.15, 0.2) is 6.04 Å². The van der Waals surface area contributed by atoms with Crippen molar-refractivity contribution in [1.82, 2.24) is 4.90 Å². The number of nitrogens with zero attached hydrogens (tertiary/aromatic N) is 1. The molecular formula is C13H24N2O4. The van der Waals surface area contributed by atoms with Crippen molar-refractivity contribution in [2.45, 2.75) is 65.0 Å². The van der Waals surface area contributed by atoms with Crippen molar-refractivity contribution < 1.29 is 19.1 Å². The van der Waals surface area contributed by atoms with Crippen LogP contribution in [-0.4, -0.2) is 46.8 Å². The lowest BCUT2D eigenvalue weighted by molar-refractivity contribution is -0.166. The summed E-state index contributed by atoms with van der Waals surface area (Å²) in [4.78, 5) is 25.7. The number of hydrogen-bond acceptors (Lipinski definition) is 5. The smallest absolute Gasteiger partial charge is 0.331 e. The molecule has 1 rings (SSSR count). The SMILES string of the molecule is C[C@H](N)C(=O)N1[C@H](C(=O)OC(C)(C)C)COC1(C)C. The number of carbonyl (C=O) groups excluding carboxylic acids is 2. The van der Waals surface area contributed by atoms with Gasteiger partial charge in [0.2, 0.25) is 5.91 Å². The first kappa shape index (κ1) is 15.9. The first-order valence-corrected chi connectivity index (χ1v) is 6.41. The average Bonchev–Trinajstić information content (AvgIpc) is 2.50. The molecule has 0 radical (unpaired) electrons. The van der Waals surface area contributed by atoms with Gasteiger partial charge in [-0.05, 0) is 41.5 Å². The largest absolute Gasteiger partial charge is 0.458 e. The summed E-state index contributed by atoms with van der Waals surface area (Å²) in [5.41, 5.74) is 4.17. The van der Waals surface area contributed by atoms with Crippen LogP contribution in [0.4, 0.5) is 0 Å². The van der Waals surface area contributed by atoms with Gasteiger partial charge in [0.1, 0.15) is 11.3 Å². The first-order chi connectivity index (χ1) is 8.46. The number of rotatable bonds is 2. The molecule has 2 N–H and O–H groups in total. The van der Waals surface area contributed by atoms with E-state index in [1.165, 1.54) is 4.90 Å². The predicted octanol–water partition coefficient (Wildman–Crippen LogP) is 0.639. The van der Waals surface area contributed by atoms with Crippen LogP contribution >= 0.6 is 0 Å². The molecule has 1 heterocycles. The summed E-state index contributed by atoms with van der Waals surface area (Å²) >= 11 is 0. The van der Waals surface area contributed by atoms with Crippen LogP contribution in [0.25, 0.3) is 0 Å². The van der Waals surface area contributed by atoms with Gasteiger partial charge in [-0.3, -0.25) is 9.69 Å². The van der Waals surface area contributed by atoms with Crippen LogP contribution in [0.2, 0.25) is 0 Å². The summed E-state index contributed by atoms with van der Waals surface area (Å²) in [7, 11) is 0. The van der Waals surface area contributed by atoms with Gasteiger partial charge in [0, 0.05) is 0 Å². The van der Waals surface area contributed by atoms with Crippen molar-refractivity contribution >= 4 is 11.9 Å². The topological polar surface area (TPSA) is 81.9 Å². The Hall–Kier alpha value is -1.14. The van der Waals surface area contributed by atoms with E-state index in [4.69, 9.17) is 15.2 Å². The molecule has 1 saturated heterocycles. The van der Waals surface area contributed by atoms with Crippen LogP contribution in [0, 0.1) is 0 Å². The number of ether oxygens (including phenoxy) is 2. The van der Waals surface area contributed by atoms with Gasteiger partial charge in [-0.25, -0.2) is 4.79 Å². The van der Waals surface area contributed by atoms with Gasteiger partial charge in [-0.2, -0.15) is 0 Å². The highest BCUT2D eigenvalue weighted by Crippen LogP contribution is 2.29. The third kappa shape index (κ3) is 3.67. The minimum atomic E-state index is -0.855. The van der Waals surface area contributed by atoms with Crippen LogP contribution in [0.3, 0.4) is 0 Å². The molecule has 6 nitrogen and oxygen atoms in total. The Balaban J connectivity index is 2.94. The second-order valence-corrected chi connectivity index (χ2v) is 6.30. The zero-order valence-electron chi connectivity index (χ0n) is 12.5. The number of hydrogen-bond donors (Lipinski definition) is 1. The van der Waals surface area contributed by atoms with E-state index in [2.05, 4.69) is 0 Å². The molecule has 0 spiro atoms. The monoisotopic (exact) mass is 272 g/mol. The Morgan fingerprint density at radius 3 is 2.37 bits per heavy atom. The molecule has 1 aliphatic rings. The zero-order chi connectivity index (χ0) is 15.0. The number of nitrogens with two attached hydrogens (primary N) is 1. The molecule has 0 unspecified atom stereocenters. The number of carbonyl (C=O) groups is 2. The summed E-state index contributed by atoms with van der Waals surface area (Å²) in [6.45, 7) is 10.5. The van der Waals surface area contributed by atoms with E-state index in [9.17, 15) is 9.59 Å². The van der Waals surface area contributed by atoms with Gasteiger partial charge in [0.05, 0.1) is 12.6 Å². The average molecular weight is 272 g/mol. The van der Waals surface area contributed by atoms with E-state index in [0.29, 0.717) is 0 Å². The Kier molecular flexibility index (Phi) is 4.27. The molecule has 2 atom stereocenters. The van der Waals surface area contributed by atoms with E-state index >= 15 is 0 Å². The minimum Gasteiger partial charge on any atom is -0.458 e. The maximum atomic E-state index is 12.2. The molecule has 0 aromatic rings. The molecule has 0 bridgehead atoms. The molecule has 0 aromatic carbocycles. The van der Waals surface area contributed by atoms with Gasteiger partial charge in [-0.15, -0.1) is 0 Å². The normalized spacial score (nSPS) is 24.2. The van der Waals surface area contributed by atoms with E-state index < -0.39 is 29.4 Å². The fourth-order valence-corrected chi connectivity index (χ4v) is 1.98. The van der Waals surface area contributed by atoms with Gasteiger partial charge < -0.3 is 15.2 Å². The van der Waals surface area contributed by atoms with Crippen LogP contribution in [0.1, 0.15) is 41.5 Å². The van der Waals surface area contributed by atoms with Crippen LogP contribution in [-0.2, 0) is 19.1 Å². The highest BCUT2D eigenvalue weighted by molar-refractivity contribution is 5.88. The lowest BCUT2D eigenvalue weighted by Crippen LogP contribution is -2.56. The summed E-state index contributed by atoms with van der Waals surface area (Å²) in [6, 6.07) is -1.43. The maximum Gasteiger partial charge on any atom is 0.331 e. The maximum absolute atomic E-state index is 12.2. The van der Waals surface area contributed by atoms with Gasteiger partial charge in [0.25, 0.3) is 0 Å². The fourth-order valence-electron chi connectivity index (χ4n) is 1.98. The Morgan fingerprint density at radius 1 is 1.42 bits per heavy atom. The van der Waals surface area contributed by atoms with Crippen LogP contribution in [0.15, 0.2) is 0 Å². The van der Waals surface area contributed by atoms with E-state index in [0.717, 1.165) is 0 Å². The fraction of sp³-hybridized carbons (Fsp3) is 0.846. The summed E-state index contributed by atoms with van der Waals surface area (Å²) in [5.74, 6) is -0.787. The highest BCUT2D eigenvalue weighted by atomic mass is 16.6. The van der Waals surface area contributed by atoms with Crippen molar-refractivity contribution in [3.63, 3.8) is 0 Å². The highest BCUT2D eigenvalue weighted by Gasteiger charge is 2.48. The quantitative estimate of drug-likeness (QED) is 0.746. The second kappa shape index (κ2) is 5.09. The lowest BCUT2D eigenvalue weighted by atomic mass is 10.1. The van der Waals surface area contributed by atoms with E-state index in [-0.39, 0.29) is 12.5 Å². The standard InChI is InChI=1S/C13H24N2O4/c1-8(14)10(16)15-9(7-18-13(15,5)6)11(17)19-12(2,3)4/h8-9H,7,14H2,1-6H3/t8-,9-/m0/s1. The molecule has 110 valence electrons. The van der Waals surface area contributed by atoms with Crippen molar-refractivity contribution in [3.8, 4) is 0 Å². The van der Waals surface area contributed by atoms with Crippen LogP contribution < -0.4 is 5.73 Å². The molecular weight excluding hydrogens is 248 g/mol. The zero-order valence-corrected chi connectivity index (χ0v) is 12.5. The van der Waals surface area contributed by atoms with Gasteiger partial charge in [-0.1, -0.05) is 0 Å². The first-order valence-electron chi connectivity index (χ1n) is 6.41.